The van der Waals surface area contributed by atoms with Crippen LogP contribution >= 0.6 is 0 Å². The molecule has 0 aromatic heterocycles. The quantitative estimate of drug-likeness (QED) is 0.684. The van der Waals surface area contributed by atoms with Gasteiger partial charge in [-0.1, -0.05) is 74.9 Å². The van der Waals surface area contributed by atoms with E-state index in [1.165, 1.54) is 0 Å². The second kappa shape index (κ2) is 10.8. The summed E-state index contributed by atoms with van der Waals surface area (Å²) < 4.78 is 0. The second-order valence-electron chi connectivity index (χ2n) is 8.17. The van der Waals surface area contributed by atoms with Gasteiger partial charge in [0.2, 0.25) is 11.8 Å². The molecule has 0 aliphatic carbocycles. The summed E-state index contributed by atoms with van der Waals surface area (Å²) in [6, 6.07) is 15.6. The van der Waals surface area contributed by atoms with Crippen molar-refractivity contribution in [1.29, 1.82) is 0 Å². The van der Waals surface area contributed by atoms with E-state index in [-0.39, 0.29) is 11.8 Å². The maximum atomic E-state index is 13.3. The minimum Gasteiger partial charge on any atom is -0.354 e. The lowest BCUT2D eigenvalue weighted by Crippen LogP contribution is -2.50. The maximum absolute atomic E-state index is 13.3. The monoisotopic (exact) mass is 394 g/mol. The standard InChI is InChI=1S/C25H34N2O2/c1-6-23(25(29)26-16-18(2)3)27(17-22-10-8-7-9-20(22)5)24(28)15-21-13-11-19(4)12-14-21/h7-14,18,23H,6,15-17H2,1-5H3,(H,26,29)/t23-/m1/s1. The molecule has 2 aromatic rings. The summed E-state index contributed by atoms with van der Waals surface area (Å²) in [5, 5.41) is 3.01. The van der Waals surface area contributed by atoms with Gasteiger partial charge >= 0.3 is 0 Å². The number of aryl methyl sites for hydroxylation is 2. The lowest BCUT2D eigenvalue weighted by atomic mass is 10.0. The Labute approximate surface area is 175 Å². The van der Waals surface area contributed by atoms with Crippen molar-refractivity contribution in [2.45, 2.75) is 60.0 Å². The van der Waals surface area contributed by atoms with Crippen molar-refractivity contribution in [2.24, 2.45) is 5.92 Å². The second-order valence-corrected chi connectivity index (χ2v) is 8.17. The number of nitrogens with zero attached hydrogens (tertiary/aromatic N) is 1. The molecule has 0 aliphatic rings. The molecule has 0 heterocycles. The summed E-state index contributed by atoms with van der Waals surface area (Å²) >= 11 is 0. The highest BCUT2D eigenvalue weighted by atomic mass is 16.2. The lowest BCUT2D eigenvalue weighted by molar-refractivity contribution is -0.141. The van der Waals surface area contributed by atoms with E-state index in [9.17, 15) is 9.59 Å². The number of benzene rings is 2. The average Bonchev–Trinajstić information content (AvgIpc) is 2.69. The van der Waals surface area contributed by atoms with Crippen molar-refractivity contribution in [2.75, 3.05) is 6.54 Å². The molecule has 29 heavy (non-hydrogen) atoms. The van der Waals surface area contributed by atoms with Gasteiger partial charge in [0.05, 0.1) is 6.42 Å². The number of nitrogens with one attached hydrogen (secondary N) is 1. The SMILES string of the molecule is CC[C@H](C(=O)NCC(C)C)N(Cc1ccccc1C)C(=O)Cc1ccc(C)cc1. The largest absolute Gasteiger partial charge is 0.354 e. The highest BCUT2D eigenvalue weighted by Crippen LogP contribution is 2.17. The first kappa shape index (κ1) is 22.7. The van der Waals surface area contributed by atoms with E-state index in [2.05, 4.69) is 19.2 Å². The van der Waals surface area contributed by atoms with E-state index in [4.69, 9.17) is 0 Å². The third kappa shape index (κ3) is 6.74. The number of rotatable bonds is 9. The number of carbonyl (C=O) groups excluding carboxylic acids is 2. The zero-order valence-corrected chi connectivity index (χ0v) is 18.4. The van der Waals surface area contributed by atoms with Gasteiger partial charge in [-0.05, 0) is 42.9 Å². The molecular weight excluding hydrogens is 360 g/mol. The maximum Gasteiger partial charge on any atom is 0.242 e. The summed E-state index contributed by atoms with van der Waals surface area (Å²) in [6.45, 7) is 11.2. The molecule has 0 fully saturated rings. The van der Waals surface area contributed by atoms with Crippen LogP contribution in [0.3, 0.4) is 0 Å². The first-order chi connectivity index (χ1) is 13.8. The van der Waals surface area contributed by atoms with Crippen molar-refractivity contribution < 1.29 is 9.59 Å². The van der Waals surface area contributed by atoms with Gasteiger partial charge in [-0.25, -0.2) is 0 Å². The van der Waals surface area contributed by atoms with Crippen LogP contribution in [-0.4, -0.2) is 29.3 Å². The minimum atomic E-state index is -0.480. The molecule has 0 aliphatic heterocycles. The van der Waals surface area contributed by atoms with Crippen molar-refractivity contribution in [3.8, 4) is 0 Å². The Morgan fingerprint density at radius 2 is 1.66 bits per heavy atom. The highest BCUT2D eigenvalue weighted by molar-refractivity contribution is 5.88. The number of hydrogen-bond acceptors (Lipinski definition) is 2. The number of amides is 2. The van der Waals surface area contributed by atoms with Gasteiger partial charge in [0.1, 0.15) is 6.04 Å². The predicted molar refractivity (Wildman–Crippen MR) is 119 cm³/mol. The molecule has 0 saturated heterocycles. The Bertz CT molecular complexity index is 812. The Morgan fingerprint density at radius 1 is 1.00 bits per heavy atom. The normalized spacial score (nSPS) is 11.9. The summed E-state index contributed by atoms with van der Waals surface area (Å²) in [5.41, 5.74) is 4.32. The smallest absolute Gasteiger partial charge is 0.242 e. The van der Waals surface area contributed by atoms with Gasteiger partial charge in [0, 0.05) is 13.1 Å². The Kier molecular flexibility index (Phi) is 8.44. The summed E-state index contributed by atoms with van der Waals surface area (Å²) in [7, 11) is 0. The fourth-order valence-corrected chi connectivity index (χ4v) is 3.30. The molecule has 2 rings (SSSR count). The van der Waals surface area contributed by atoms with Crippen LogP contribution in [0.15, 0.2) is 48.5 Å². The average molecular weight is 395 g/mol. The summed E-state index contributed by atoms with van der Waals surface area (Å²) in [6.07, 6.45) is 0.871. The molecule has 0 spiro atoms. The van der Waals surface area contributed by atoms with Gasteiger partial charge in [-0.2, -0.15) is 0 Å². The Morgan fingerprint density at radius 3 is 2.24 bits per heavy atom. The van der Waals surface area contributed by atoms with E-state index in [0.717, 1.165) is 22.3 Å². The van der Waals surface area contributed by atoms with Gasteiger partial charge in [-0.15, -0.1) is 0 Å². The molecule has 4 nitrogen and oxygen atoms in total. The lowest BCUT2D eigenvalue weighted by Gasteiger charge is -2.31. The molecule has 1 atom stereocenters. The van der Waals surface area contributed by atoms with E-state index < -0.39 is 6.04 Å². The third-order valence-electron chi connectivity index (χ3n) is 5.15. The zero-order valence-electron chi connectivity index (χ0n) is 18.4. The highest BCUT2D eigenvalue weighted by Gasteiger charge is 2.28. The molecule has 156 valence electrons. The molecule has 0 radical (unpaired) electrons. The van der Waals surface area contributed by atoms with Gasteiger partial charge in [0.25, 0.3) is 0 Å². The molecule has 0 bridgehead atoms. The van der Waals surface area contributed by atoms with E-state index in [0.29, 0.717) is 31.8 Å². The number of hydrogen-bond donors (Lipinski definition) is 1. The molecule has 0 saturated carbocycles. The third-order valence-corrected chi connectivity index (χ3v) is 5.15. The van der Waals surface area contributed by atoms with Crippen LogP contribution in [0.25, 0.3) is 0 Å². The van der Waals surface area contributed by atoms with Gasteiger partial charge in [-0.3, -0.25) is 9.59 Å². The van der Waals surface area contributed by atoms with Crippen LogP contribution < -0.4 is 5.32 Å². The van der Waals surface area contributed by atoms with Gasteiger partial charge < -0.3 is 10.2 Å². The van der Waals surface area contributed by atoms with Crippen molar-refractivity contribution >= 4 is 11.8 Å². The molecular formula is C25H34N2O2. The summed E-state index contributed by atoms with van der Waals surface area (Å²) in [5.74, 6) is 0.264. The molecule has 1 N–H and O–H groups in total. The minimum absolute atomic E-state index is 0.0244. The molecule has 0 unspecified atom stereocenters. The molecule has 4 heteroatoms. The molecule has 2 aromatic carbocycles. The Balaban J connectivity index is 2.27. The van der Waals surface area contributed by atoms with Crippen LogP contribution in [0, 0.1) is 19.8 Å². The van der Waals surface area contributed by atoms with Crippen LogP contribution in [0.1, 0.15) is 49.4 Å². The Hall–Kier alpha value is -2.62. The fourth-order valence-electron chi connectivity index (χ4n) is 3.30. The van der Waals surface area contributed by atoms with Crippen molar-refractivity contribution in [3.05, 3.63) is 70.8 Å². The topological polar surface area (TPSA) is 49.4 Å². The number of carbonyl (C=O) groups is 2. The van der Waals surface area contributed by atoms with Crippen LogP contribution in [-0.2, 0) is 22.6 Å². The fraction of sp³-hybridized carbons (Fsp3) is 0.440. The summed E-state index contributed by atoms with van der Waals surface area (Å²) in [4.78, 5) is 27.9. The van der Waals surface area contributed by atoms with E-state index in [1.807, 2.05) is 69.3 Å². The predicted octanol–water partition coefficient (Wildman–Crippen LogP) is 4.43. The van der Waals surface area contributed by atoms with Crippen molar-refractivity contribution in [1.82, 2.24) is 10.2 Å². The van der Waals surface area contributed by atoms with Gasteiger partial charge in [0.15, 0.2) is 0 Å². The van der Waals surface area contributed by atoms with Crippen LogP contribution in [0.4, 0.5) is 0 Å². The molecule has 2 amide bonds. The van der Waals surface area contributed by atoms with E-state index >= 15 is 0 Å². The zero-order chi connectivity index (χ0) is 21.4. The first-order valence-electron chi connectivity index (χ1n) is 10.5. The van der Waals surface area contributed by atoms with E-state index in [1.54, 1.807) is 4.90 Å². The van der Waals surface area contributed by atoms with Crippen LogP contribution in [0.5, 0.6) is 0 Å². The van der Waals surface area contributed by atoms with Crippen LogP contribution in [0.2, 0.25) is 0 Å². The first-order valence-corrected chi connectivity index (χ1v) is 10.5. The van der Waals surface area contributed by atoms with Crippen molar-refractivity contribution in [3.63, 3.8) is 0 Å².